The molecule has 20 heavy (non-hydrogen) atoms. The molecule has 114 valence electrons. The summed E-state index contributed by atoms with van der Waals surface area (Å²) in [6.07, 6.45) is -0.691. The molecular formula is C15H25NO4. The molecule has 0 fully saturated rings. The zero-order chi connectivity index (χ0) is 15.3. The minimum Gasteiger partial charge on any atom is -0.493 e. The van der Waals surface area contributed by atoms with Crippen LogP contribution in [-0.2, 0) is 0 Å². The fourth-order valence-corrected chi connectivity index (χ4v) is 1.90. The van der Waals surface area contributed by atoms with Crippen LogP contribution in [0.5, 0.6) is 17.2 Å². The number of hydrogen-bond donors (Lipinski definition) is 2. The molecule has 1 rings (SSSR count). The van der Waals surface area contributed by atoms with Gasteiger partial charge < -0.3 is 24.6 Å². The number of nitrogens with one attached hydrogen (secondary N) is 1. The van der Waals surface area contributed by atoms with Crippen LogP contribution in [0, 0.1) is 0 Å². The number of aliphatic hydroxyl groups is 1. The Labute approximate surface area is 120 Å². The van der Waals surface area contributed by atoms with Crippen molar-refractivity contribution in [3.63, 3.8) is 0 Å². The van der Waals surface area contributed by atoms with Crippen LogP contribution in [0.15, 0.2) is 12.1 Å². The predicted molar refractivity (Wildman–Crippen MR) is 78.8 cm³/mol. The fraction of sp³-hybridized carbons (Fsp3) is 0.600. The van der Waals surface area contributed by atoms with E-state index in [4.69, 9.17) is 14.2 Å². The molecule has 0 heterocycles. The number of rotatable bonds is 6. The Morgan fingerprint density at radius 1 is 1.05 bits per heavy atom. The monoisotopic (exact) mass is 283 g/mol. The molecule has 0 aromatic heterocycles. The molecule has 5 heteroatoms. The maximum absolute atomic E-state index is 10.3. The number of hydrogen-bond acceptors (Lipinski definition) is 5. The molecular weight excluding hydrogens is 258 g/mol. The third-order valence-electron chi connectivity index (χ3n) is 2.92. The summed E-state index contributed by atoms with van der Waals surface area (Å²) < 4.78 is 15.9. The first-order valence-electron chi connectivity index (χ1n) is 6.56. The van der Waals surface area contributed by atoms with Gasteiger partial charge in [-0.15, -0.1) is 0 Å². The van der Waals surface area contributed by atoms with Gasteiger partial charge in [-0.3, -0.25) is 0 Å². The van der Waals surface area contributed by atoms with Crippen LogP contribution in [0.3, 0.4) is 0 Å². The molecule has 0 bridgehead atoms. The van der Waals surface area contributed by atoms with Crippen LogP contribution in [0.25, 0.3) is 0 Å². The lowest BCUT2D eigenvalue weighted by Gasteiger charge is -2.24. The van der Waals surface area contributed by atoms with Crippen molar-refractivity contribution in [1.82, 2.24) is 5.32 Å². The Hall–Kier alpha value is -1.46. The molecule has 0 aliphatic carbocycles. The second-order valence-electron chi connectivity index (χ2n) is 5.57. The summed E-state index contributed by atoms with van der Waals surface area (Å²) in [7, 11) is 4.66. The van der Waals surface area contributed by atoms with Gasteiger partial charge in [0.1, 0.15) is 0 Å². The molecule has 0 aliphatic rings. The van der Waals surface area contributed by atoms with Crippen molar-refractivity contribution in [3.8, 4) is 17.2 Å². The second kappa shape index (κ2) is 6.81. The predicted octanol–water partition coefficient (Wildman–Crippen LogP) is 2.13. The molecule has 0 aliphatic heterocycles. The van der Waals surface area contributed by atoms with E-state index in [1.807, 2.05) is 20.8 Å². The van der Waals surface area contributed by atoms with E-state index in [0.717, 1.165) is 0 Å². The Morgan fingerprint density at radius 3 is 2.10 bits per heavy atom. The van der Waals surface area contributed by atoms with E-state index in [9.17, 15) is 5.11 Å². The summed E-state index contributed by atoms with van der Waals surface area (Å²) in [6.45, 7) is 6.57. The van der Waals surface area contributed by atoms with Gasteiger partial charge in [-0.05, 0) is 32.9 Å². The van der Waals surface area contributed by atoms with Gasteiger partial charge in [0.15, 0.2) is 11.5 Å². The minimum absolute atomic E-state index is 0.0647. The summed E-state index contributed by atoms with van der Waals surface area (Å²) in [6, 6.07) is 3.55. The van der Waals surface area contributed by atoms with Gasteiger partial charge in [0.05, 0.1) is 27.4 Å². The van der Waals surface area contributed by atoms with Gasteiger partial charge >= 0.3 is 0 Å². The van der Waals surface area contributed by atoms with E-state index in [1.165, 1.54) is 0 Å². The van der Waals surface area contributed by atoms with Gasteiger partial charge in [-0.1, -0.05) is 0 Å². The van der Waals surface area contributed by atoms with E-state index in [2.05, 4.69) is 5.32 Å². The second-order valence-corrected chi connectivity index (χ2v) is 5.57. The van der Waals surface area contributed by atoms with Gasteiger partial charge in [-0.2, -0.15) is 0 Å². The van der Waals surface area contributed by atoms with Crippen LogP contribution < -0.4 is 19.5 Å². The molecule has 1 atom stereocenters. The van der Waals surface area contributed by atoms with Crippen molar-refractivity contribution in [3.05, 3.63) is 17.7 Å². The fourth-order valence-electron chi connectivity index (χ4n) is 1.90. The zero-order valence-corrected chi connectivity index (χ0v) is 13.1. The highest BCUT2D eigenvalue weighted by Gasteiger charge is 2.22. The van der Waals surface area contributed by atoms with Crippen LogP contribution in [-0.4, -0.2) is 38.5 Å². The van der Waals surface area contributed by atoms with Crippen molar-refractivity contribution in [2.75, 3.05) is 27.9 Å². The van der Waals surface area contributed by atoms with Crippen molar-refractivity contribution in [1.29, 1.82) is 0 Å². The minimum atomic E-state index is -0.691. The average molecular weight is 283 g/mol. The zero-order valence-electron chi connectivity index (χ0n) is 13.1. The Morgan fingerprint density at radius 2 is 1.65 bits per heavy atom. The van der Waals surface area contributed by atoms with Crippen LogP contribution in [0.2, 0.25) is 0 Å². The molecule has 0 saturated heterocycles. The lowest BCUT2D eigenvalue weighted by Crippen LogP contribution is -2.38. The van der Waals surface area contributed by atoms with E-state index in [-0.39, 0.29) is 5.54 Å². The summed E-state index contributed by atoms with van der Waals surface area (Å²) in [5.74, 6) is 1.56. The summed E-state index contributed by atoms with van der Waals surface area (Å²) >= 11 is 0. The maximum atomic E-state index is 10.3. The first-order valence-corrected chi connectivity index (χ1v) is 6.56. The topological polar surface area (TPSA) is 60.0 Å². The lowest BCUT2D eigenvalue weighted by molar-refractivity contribution is 0.158. The Balaban J connectivity index is 3.05. The number of methoxy groups -OCH3 is 3. The van der Waals surface area contributed by atoms with Crippen LogP contribution in [0.1, 0.15) is 32.4 Å². The van der Waals surface area contributed by atoms with Crippen molar-refractivity contribution in [2.24, 2.45) is 0 Å². The molecule has 2 N–H and O–H groups in total. The van der Waals surface area contributed by atoms with Crippen molar-refractivity contribution in [2.45, 2.75) is 32.4 Å². The Kier molecular flexibility index (Phi) is 5.65. The van der Waals surface area contributed by atoms with E-state index in [0.29, 0.717) is 29.4 Å². The average Bonchev–Trinajstić information content (AvgIpc) is 2.41. The summed E-state index contributed by atoms with van der Waals surface area (Å²) in [5, 5.41) is 13.6. The third kappa shape index (κ3) is 4.02. The molecule has 5 nitrogen and oxygen atoms in total. The largest absolute Gasteiger partial charge is 0.493 e. The highest BCUT2D eigenvalue weighted by atomic mass is 16.5. The van der Waals surface area contributed by atoms with Crippen molar-refractivity contribution < 1.29 is 19.3 Å². The highest BCUT2D eigenvalue weighted by molar-refractivity contribution is 5.56. The van der Waals surface area contributed by atoms with Crippen LogP contribution >= 0.6 is 0 Å². The molecule has 0 saturated carbocycles. The first kappa shape index (κ1) is 16.6. The Bertz CT molecular complexity index is 440. The quantitative estimate of drug-likeness (QED) is 0.837. The summed E-state index contributed by atoms with van der Waals surface area (Å²) in [5.41, 5.74) is 0.604. The molecule has 1 aromatic carbocycles. The summed E-state index contributed by atoms with van der Waals surface area (Å²) in [4.78, 5) is 0. The smallest absolute Gasteiger partial charge is 0.203 e. The van der Waals surface area contributed by atoms with Crippen LogP contribution in [0.4, 0.5) is 0 Å². The van der Waals surface area contributed by atoms with E-state index >= 15 is 0 Å². The van der Waals surface area contributed by atoms with E-state index < -0.39 is 6.10 Å². The number of β-amino-alcohol motifs (C(OH)–C–C–N with tert-alkyl or cyclic N) is 1. The van der Waals surface area contributed by atoms with Gasteiger partial charge in [0.2, 0.25) is 5.75 Å². The molecule has 0 radical (unpaired) electrons. The first-order chi connectivity index (χ1) is 9.34. The van der Waals surface area contributed by atoms with Gasteiger partial charge in [-0.25, -0.2) is 0 Å². The lowest BCUT2D eigenvalue weighted by atomic mass is 10.0. The normalized spacial score (nSPS) is 12.9. The number of benzene rings is 1. The standard InChI is InChI=1S/C15H25NO4/c1-15(2,3)16-9-11(17)10-7-8-12(18-4)14(20-6)13(10)19-5/h7-8,11,16-17H,9H2,1-6H3. The highest BCUT2D eigenvalue weighted by Crippen LogP contribution is 2.41. The SMILES string of the molecule is COc1ccc(C(O)CNC(C)(C)C)c(OC)c1OC. The molecule has 0 amide bonds. The molecule has 1 unspecified atom stereocenters. The van der Waals surface area contributed by atoms with Gasteiger partial charge in [0, 0.05) is 17.6 Å². The number of aliphatic hydroxyl groups excluding tert-OH is 1. The molecule has 0 spiro atoms. The maximum Gasteiger partial charge on any atom is 0.203 e. The number of ether oxygens (including phenoxy) is 3. The van der Waals surface area contributed by atoms with E-state index in [1.54, 1.807) is 33.5 Å². The molecule has 1 aromatic rings. The van der Waals surface area contributed by atoms with Crippen molar-refractivity contribution >= 4 is 0 Å². The third-order valence-corrected chi connectivity index (χ3v) is 2.92. The van der Waals surface area contributed by atoms with Gasteiger partial charge in [0.25, 0.3) is 0 Å².